The number of benzene rings is 2. The number of hydrogen-bond acceptors (Lipinski definition) is 2. The van der Waals surface area contributed by atoms with Crippen LogP contribution in [0.5, 0.6) is 0 Å². The fourth-order valence-electron chi connectivity index (χ4n) is 2.19. The average Bonchev–Trinajstić information content (AvgIpc) is 2.52. The van der Waals surface area contributed by atoms with Crippen LogP contribution < -0.4 is 5.32 Å². The minimum Gasteiger partial charge on any atom is -0.355 e. The van der Waals surface area contributed by atoms with Crippen LogP contribution in [0.3, 0.4) is 0 Å². The predicted octanol–water partition coefficient (Wildman–Crippen LogP) is 4.55. The molecular weight excluding hydrogens is 326 g/mol. The van der Waals surface area contributed by atoms with E-state index in [1.807, 2.05) is 42.1 Å². The SMILES string of the molecule is Cc1ccc(CC(=O)NCCSCc2ccc(Cl)cc2)cc1C. The van der Waals surface area contributed by atoms with Crippen LogP contribution in [-0.4, -0.2) is 18.2 Å². The van der Waals surface area contributed by atoms with Crippen LogP contribution in [-0.2, 0) is 17.0 Å². The minimum absolute atomic E-state index is 0.0837. The third kappa shape index (κ3) is 6.28. The number of rotatable bonds is 7. The van der Waals surface area contributed by atoms with Gasteiger partial charge < -0.3 is 5.32 Å². The normalized spacial score (nSPS) is 10.6. The van der Waals surface area contributed by atoms with E-state index < -0.39 is 0 Å². The zero-order chi connectivity index (χ0) is 16.7. The largest absolute Gasteiger partial charge is 0.355 e. The third-order valence-electron chi connectivity index (χ3n) is 3.69. The molecule has 0 saturated carbocycles. The van der Waals surface area contributed by atoms with E-state index in [1.165, 1.54) is 16.7 Å². The Morgan fingerprint density at radius 1 is 1.04 bits per heavy atom. The summed E-state index contributed by atoms with van der Waals surface area (Å²) in [6.45, 7) is 4.85. The van der Waals surface area contributed by atoms with E-state index >= 15 is 0 Å². The van der Waals surface area contributed by atoms with Crippen molar-refractivity contribution in [3.8, 4) is 0 Å². The molecule has 1 amide bonds. The lowest BCUT2D eigenvalue weighted by Crippen LogP contribution is -2.27. The Hall–Kier alpha value is -1.45. The number of amides is 1. The van der Waals surface area contributed by atoms with Crippen molar-refractivity contribution in [3.63, 3.8) is 0 Å². The van der Waals surface area contributed by atoms with E-state index in [1.54, 1.807) is 0 Å². The quantitative estimate of drug-likeness (QED) is 0.744. The number of nitrogens with one attached hydrogen (secondary N) is 1. The second-order valence-corrected chi connectivity index (χ2v) is 7.17. The van der Waals surface area contributed by atoms with Crippen LogP contribution in [0, 0.1) is 13.8 Å². The van der Waals surface area contributed by atoms with Crippen LogP contribution in [0.4, 0.5) is 0 Å². The van der Waals surface area contributed by atoms with E-state index in [9.17, 15) is 4.79 Å². The molecule has 0 unspecified atom stereocenters. The van der Waals surface area contributed by atoms with E-state index in [4.69, 9.17) is 11.6 Å². The van der Waals surface area contributed by atoms with Crippen LogP contribution in [0.2, 0.25) is 5.02 Å². The molecule has 0 atom stereocenters. The van der Waals surface area contributed by atoms with Gasteiger partial charge in [0.1, 0.15) is 0 Å². The Bertz CT molecular complexity index is 655. The summed E-state index contributed by atoms with van der Waals surface area (Å²) in [5.41, 5.74) is 4.81. The molecule has 2 aromatic rings. The minimum atomic E-state index is 0.0837. The van der Waals surface area contributed by atoms with Gasteiger partial charge in [-0.25, -0.2) is 0 Å². The molecule has 0 heterocycles. The summed E-state index contributed by atoms with van der Waals surface area (Å²) in [5.74, 6) is 1.92. The third-order valence-corrected chi connectivity index (χ3v) is 4.97. The van der Waals surface area contributed by atoms with Gasteiger partial charge in [0, 0.05) is 23.1 Å². The smallest absolute Gasteiger partial charge is 0.224 e. The predicted molar refractivity (Wildman–Crippen MR) is 100 cm³/mol. The molecule has 0 aliphatic rings. The number of carbonyl (C=O) groups is 1. The zero-order valence-corrected chi connectivity index (χ0v) is 15.1. The molecule has 2 aromatic carbocycles. The van der Waals surface area contributed by atoms with Crippen LogP contribution in [0.1, 0.15) is 22.3 Å². The molecule has 0 bridgehead atoms. The molecule has 0 fully saturated rings. The monoisotopic (exact) mass is 347 g/mol. The molecule has 0 aliphatic carbocycles. The van der Waals surface area contributed by atoms with Gasteiger partial charge >= 0.3 is 0 Å². The number of carbonyl (C=O) groups excluding carboxylic acids is 1. The van der Waals surface area contributed by atoms with Crippen molar-refractivity contribution in [3.05, 3.63) is 69.7 Å². The highest BCUT2D eigenvalue weighted by Gasteiger charge is 2.04. The summed E-state index contributed by atoms with van der Waals surface area (Å²) in [5, 5.41) is 3.74. The highest BCUT2D eigenvalue weighted by atomic mass is 35.5. The Balaban J connectivity index is 1.64. The van der Waals surface area contributed by atoms with Crippen LogP contribution in [0.15, 0.2) is 42.5 Å². The highest BCUT2D eigenvalue weighted by molar-refractivity contribution is 7.98. The number of hydrogen-bond donors (Lipinski definition) is 1. The Morgan fingerprint density at radius 3 is 2.43 bits per heavy atom. The summed E-state index contributed by atoms with van der Waals surface area (Å²) in [4.78, 5) is 11.9. The van der Waals surface area contributed by atoms with E-state index in [0.29, 0.717) is 13.0 Å². The van der Waals surface area contributed by atoms with Crippen molar-refractivity contribution in [2.75, 3.05) is 12.3 Å². The lowest BCUT2D eigenvalue weighted by Gasteiger charge is -2.07. The average molecular weight is 348 g/mol. The fraction of sp³-hybridized carbons (Fsp3) is 0.316. The molecule has 2 nitrogen and oxygen atoms in total. The van der Waals surface area contributed by atoms with Gasteiger partial charge in [0.05, 0.1) is 6.42 Å². The first-order valence-corrected chi connectivity index (χ1v) is 9.23. The Labute approximate surface area is 147 Å². The van der Waals surface area contributed by atoms with E-state index in [2.05, 4.69) is 31.3 Å². The molecule has 2 rings (SSSR count). The first kappa shape index (κ1) is 17.9. The molecule has 23 heavy (non-hydrogen) atoms. The van der Waals surface area contributed by atoms with Gasteiger partial charge in [-0.3, -0.25) is 4.79 Å². The molecule has 0 radical (unpaired) electrons. The van der Waals surface area contributed by atoms with E-state index in [-0.39, 0.29) is 5.91 Å². The van der Waals surface area contributed by atoms with Crippen molar-refractivity contribution < 1.29 is 4.79 Å². The lowest BCUT2D eigenvalue weighted by atomic mass is 10.0. The molecule has 122 valence electrons. The summed E-state index contributed by atoms with van der Waals surface area (Å²) in [6, 6.07) is 14.1. The standard InChI is InChI=1S/C19H22ClNOS/c1-14-3-4-17(11-15(14)2)12-19(22)21-9-10-23-13-16-5-7-18(20)8-6-16/h3-8,11H,9-10,12-13H2,1-2H3,(H,21,22). The lowest BCUT2D eigenvalue weighted by molar-refractivity contribution is -0.120. The van der Waals surface area contributed by atoms with Gasteiger partial charge in [0.2, 0.25) is 5.91 Å². The zero-order valence-electron chi connectivity index (χ0n) is 13.6. The summed E-state index contributed by atoms with van der Waals surface area (Å²) in [6.07, 6.45) is 0.447. The molecule has 4 heteroatoms. The van der Waals surface area contributed by atoms with Crippen molar-refractivity contribution in [2.24, 2.45) is 0 Å². The van der Waals surface area contributed by atoms with Gasteiger partial charge in [0.25, 0.3) is 0 Å². The molecular formula is C19H22ClNOS. The topological polar surface area (TPSA) is 29.1 Å². The molecule has 1 N–H and O–H groups in total. The maximum absolute atomic E-state index is 11.9. The first-order chi connectivity index (χ1) is 11.0. The second kappa shape index (κ2) is 8.99. The summed E-state index contributed by atoms with van der Waals surface area (Å²) < 4.78 is 0. The van der Waals surface area contributed by atoms with Crippen molar-refractivity contribution in [2.45, 2.75) is 26.0 Å². The highest BCUT2D eigenvalue weighted by Crippen LogP contribution is 2.15. The molecule has 0 aliphatic heterocycles. The second-order valence-electron chi connectivity index (χ2n) is 5.62. The van der Waals surface area contributed by atoms with Crippen molar-refractivity contribution in [1.82, 2.24) is 5.32 Å². The maximum atomic E-state index is 11.9. The van der Waals surface area contributed by atoms with Crippen molar-refractivity contribution in [1.29, 1.82) is 0 Å². The number of halogens is 1. The van der Waals surface area contributed by atoms with Gasteiger partial charge in [-0.1, -0.05) is 41.9 Å². The fourth-order valence-corrected chi connectivity index (χ4v) is 3.14. The number of aryl methyl sites for hydroxylation is 2. The summed E-state index contributed by atoms with van der Waals surface area (Å²) in [7, 11) is 0. The van der Waals surface area contributed by atoms with Crippen LogP contribution in [0.25, 0.3) is 0 Å². The van der Waals surface area contributed by atoms with Gasteiger partial charge in [-0.2, -0.15) is 11.8 Å². The van der Waals surface area contributed by atoms with Crippen LogP contribution >= 0.6 is 23.4 Å². The van der Waals surface area contributed by atoms with E-state index in [0.717, 1.165) is 22.1 Å². The van der Waals surface area contributed by atoms with Gasteiger partial charge in [-0.05, 0) is 48.2 Å². The maximum Gasteiger partial charge on any atom is 0.224 e. The molecule has 0 saturated heterocycles. The van der Waals surface area contributed by atoms with Crippen molar-refractivity contribution >= 4 is 29.3 Å². The molecule has 0 spiro atoms. The Morgan fingerprint density at radius 2 is 1.74 bits per heavy atom. The first-order valence-electron chi connectivity index (χ1n) is 7.69. The van der Waals surface area contributed by atoms with Gasteiger partial charge in [-0.15, -0.1) is 0 Å². The number of thioether (sulfide) groups is 1. The Kier molecular flexibility index (Phi) is 7.00. The summed E-state index contributed by atoms with van der Waals surface area (Å²) >= 11 is 7.67. The molecule has 0 aromatic heterocycles. The van der Waals surface area contributed by atoms with Gasteiger partial charge in [0.15, 0.2) is 0 Å².